The van der Waals surface area contributed by atoms with Crippen molar-refractivity contribution in [2.45, 2.75) is 33.7 Å². The Balaban J connectivity index is 2.65. The molecule has 0 saturated carbocycles. The zero-order valence-electron chi connectivity index (χ0n) is 13.9. The third kappa shape index (κ3) is 3.35. The summed E-state index contributed by atoms with van der Waals surface area (Å²) in [6.07, 6.45) is 3.39. The number of carbonyl (C=O) groups excluding carboxylic acids is 1. The highest BCUT2D eigenvalue weighted by Crippen LogP contribution is 2.25. The number of carbonyl (C=O) groups is 1. The van der Waals surface area contributed by atoms with Gasteiger partial charge in [0.2, 0.25) is 5.88 Å². The van der Waals surface area contributed by atoms with Gasteiger partial charge < -0.3 is 5.11 Å². The minimum absolute atomic E-state index is 0.0371. The van der Waals surface area contributed by atoms with Crippen molar-refractivity contribution >= 4 is 5.78 Å². The van der Waals surface area contributed by atoms with Gasteiger partial charge in [-0.3, -0.25) is 19.1 Å². The number of hydrogen-bond donors (Lipinski definition) is 1. The van der Waals surface area contributed by atoms with Gasteiger partial charge in [-0.1, -0.05) is 19.9 Å². The molecule has 0 aromatic carbocycles. The Morgan fingerprint density at radius 1 is 1.46 bits per heavy atom. The van der Waals surface area contributed by atoms with Crippen LogP contribution >= 0.6 is 0 Å². The van der Waals surface area contributed by atoms with Gasteiger partial charge in [-0.25, -0.2) is 0 Å². The molecule has 0 saturated heterocycles. The fourth-order valence-corrected chi connectivity index (χ4v) is 2.58. The van der Waals surface area contributed by atoms with Crippen LogP contribution in [0.5, 0.6) is 5.88 Å². The second kappa shape index (κ2) is 7.09. The predicted octanol–water partition coefficient (Wildman–Crippen LogP) is 2.41. The molecule has 1 N–H and O–H groups in total. The Labute approximate surface area is 140 Å². The van der Waals surface area contributed by atoms with Crippen LogP contribution in [0.4, 0.5) is 0 Å². The first-order valence-corrected chi connectivity index (χ1v) is 7.65. The van der Waals surface area contributed by atoms with Crippen LogP contribution in [0, 0.1) is 24.2 Å². The second-order valence-corrected chi connectivity index (χ2v) is 6.08. The number of hydrogen-bond acceptors (Lipinski definition) is 5. The van der Waals surface area contributed by atoms with Crippen molar-refractivity contribution in [2.24, 2.45) is 5.92 Å². The molecule has 124 valence electrons. The van der Waals surface area contributed by atoms with Gasteiger partial charge >= 0.3 is 0 Å². The van der Waals surface area contributed by atoms with Crippen molar-refractivity contribution in [3.63, 3.8) is 0 Å². The number of nitriles is 1. The molecule has 2 aromatic heterocycles. The number of aromatic hydroxyl groups is 1. The van der Waals surface area contributed by atoms with Crippen LogP contribution in [0.2, 0.25) is 0 Å². The highest BCUT2D eigenvalue weighted by Gasteiger charge is 2.24. The summed E-state index contributed by atoms with van der Waals surface area (Å²) in [4.78, 5) is 28.9. The molecule has 0 amide bonds. The molecule has 0 aliphatic carbocycles. The van der Waals surface area contributed by atoms with E-state index in [1.807, 2.05) is 19.9 Å². The lowest BCUT2D eigenvalue weighted by molar-refractivity contribution is 0.0963. The van der Waals surface area contributed by atoms with Crippen LogP contribution in [0.3, 0.4) is 0 Å². The second-order valence-electron chi connectivity index (χ2n) is 6.08. The maximum atomic E-state index is 12.5. The normalized spacial score (nSPS) is 10.6. The van der Waals surface area contributed by atoms with Crippen LogP contribution in [-0.4, -0.2) is 20.4 Å². The molecule has 2 rings (SSSR count). The zero-order chi connectivity index (χ0) is 17.9. The molecule has 2 heterocycles. The highest BCUT2D eigenvalue weighted by molar-refractivity contribution is 6.00. The number of Topliss-reactive ketones (excluding diaryl/α,β-unsaturated/α-hetero) is 1. The molecule has 0 aliphatic heterocycles. The van der Waals surface area contributed by atoms with Crippen LogP contribution < -0.4 is 5.56 Å². The Kier molecular flexibility index (Phi) is 5.14. The standard InChI is InChI=1S/C18H19N3O3/c1-11(2)7-15(22)16-12(3)14(8-19)17(23)21(18(16)24)10-13-5-4-6-20-9-13/h4-6,9,11,24H,7,10H2,1-3H3. The summed E-state index contributed by atoms with van der Waals surface area (Å²) in [5, 5.41) is 19.8. The van der Waals surface area contributed by atoms with E-state index >= 15 is 0 Å². The Morgan fingerprint density at radius 3 is 2.71 bits per heavy atom. The van der Waals surface area contributed by atoms with Crippen LogP contribution in [0.1, 0.15) is 47.3 Å². The van der Waals surface area contributed by atoms with Gasteiger partial charge in [-0.15, -0.1) is 0 Å². The average Bonchev–Trinajstić information content (AvgIpc) is 2.52. The largest absolute Gasteiger partial charge is 0.494 e. The van der Waals surface area contributed by atoms with Crippen LogP contribution in [-0.2, 0) is 6.54 Å². The summed E-state index contributed by atoms with van der Waals surface area (Å²) in [6.45, 7) is 5.33. The van der Waals surface area contributed by atoms with Gasteiger partial charge in [0.05, 0.1) is 12.1 Å². The van der Waals surface area contributed by atoms with Gasteiger partial charge in [-0.05, 0) is 30.0 Å². The van der Waals surface area contributed by atoms with E-state index in [-0.39, 0.29) is 41.4 Å². The van der Waals surface area contributed by atoms with Crippen molar-refractivity contribution < 1.29 is 9.90 Å². The first kappa shape index (κ1) is 17.4. The Bertz CT molecular complexity index is 862. The van der Waals surface area contributed by atoms with E-state index in [4.69, 9.17) is 0 Å². The molecular formula is C18H19N3O3. The molecule has 0 fully saturated rings. The zero-order valence-corrected chi connectivity index (χ0v) is 13.9. The van der Waals surface area contributed by atoms with E-state index in [0.717, 1.165) is 4.57 Å². The number of aromatic nitrogens is 2. The monoisotopic (exact) mass is 325 g/mol. The third-order valence-electron chi connectivity index (χ3n) is 3.74. The van der Waals surface area contributed by atoms with Gasteiger partial charge in [0.15, 0.2) is 5.78 Å². The molecule has 0 aliphatic rings. The molecule has 0 radical (unpaired) electrons. The number of nitrogens with zero attached hydrogens (tertiary/aromatic N) is 3. The van der Waals surface area contributed by atoms with E-state index in [1.165, 1.54) is 6.92 Å². The first-order chi connectivity index (χ1) is 11.4. The summed E-state index contributed by atoms with van der Waals surface area (Å²) < 4.78 is 1.05. The van der Waals surface area contributed by atoms with E-state index in [9.17, 15) is 20.0 Å². The van der Waals surface area contributed by atoms with Crippen molar-refractivity contribution in [1.82, 2.24) is 9.55 Å². The lowest BCUT2D eigenvalue weighted by Crippen LogP contribution is -2.27. The number of rotatable bonds is 5. The molecular weight excluding hydrogens is 306 g/mol. The molecule has 0 atom stereocenters. The van der Waals surface area contributed by atoms with Crippen molar-refractivity contribution in [3.8, 4) is 11.9 Å². The van der Waals surface area contributed by atoms with E-state index < -0.39 is 11.4 Å². The molecule has 2 aromatic rings. The Morgan fingerprint density at radius 2 is 2.17 bits per heavy atom. The average molecular weight is 325 g/mol. The summed E-state index contributed by atoms with van der Waals surface area (Å²) in [5.74, 6) is -0.581. The summed E-state index contributed by atoms with van der Waals surface area (Å²) in [6, 6.07) is 5.31. The molecule has 6 heteroatoms. The quantitative estimate of drug-likeness (QED) is 0.852. The van der Waals surface area contributed by atoms with Gasteiger partial charge in [0.25, 0.3) is 5.56 Å². The molecule has 0 unspecified atom stereocenters. The third-order valence-corrected chi connectivity index (χ3v) is 3.74. The molecule has 6 nitrogen and oxygen atoms in total. The fourth-order valence-electron chi connectivity index (χ4n) is 2.58. The first-order valence-electron chi connectivity index (χ1n) is 7.65. The van der Waals surface area contributed by atoms with Gasteiger partial charge in [0, 0.05) is 18.8 Å². The Hall–Kier alpha value is -2.94. The molecule has 24 heavy (non-hydrogen) atoms. The summed E-state index contributed by atoms with van der Waals surface area (Å²) in [5.41, 5.74) is 0.225. The van der Waals surface area contributed by atoms with Crippen molar-refractivity contribution in [2.75, 3.05) is 0 Å². The highest BCUT2D eigenvalue weighted by atomic mass is 16.3. The van der Waals surface area contributed by atoms with Crippen LogP contribution in [0.25, 0.3) is 0 Å². The maximum Gasteiger partial charge on any atom is 0.271 e. The lowest BCUT2D eigenvalue weighted by atomic mass is 9.96. The lowest BCUT2D eigenvalue weighted by Gasteiger charge is -2.16. The minimum atomic E-state index is -0.613. The maximum absolute atomic E-state index is 12.5. The summed E-state index contributed by atoms with van der Waals surface area (Å²) >= 11 is 0. The minimum Gasteiger partial charge on any atom is -0.494 e. The SMILES string of the molecule is Cc1c(C(=O)CC(C)C)c(O)n(Cc2cccnc2)c(=O)c1C#N. The fraction of sp³-hybridized carbons (Fsp3) is 0.333. The molecule has 0 spiro atoms. The van der Waals surface area contributed by atoms with Crippen molar-refractivity contribution in [3.05, 3.63) is 57.1 Å². The summed E-state index contributed by atoms with van der Waals surface area (Å²) in [7, 11) is 0. The smallest absolute Gasteiger partial charge is 0.271 e. The van der Waals surface area contributed by atoms with Crippen LogP contribution in [0.15, 0.2) is 29.3 Å². The molecule has 0 bridgehead atoms. The van der Waals surface area contributed by atoms with E-state index in [2.05, 4.69) is 4.98 Å². The number of ketones is 1. The number of pyridine rings is 2. The predicted molar refractivity (Wildman–Crippen MR) is 88.9 cm³/mol. The van der Waals surface area contributed by atoms with Gasteiger partial charge in [0.1, 0.15) is 11.6 Å². The topological polar surface area (TPSA) is 96.0 Å². The van der Waals surface area contributed by atoms with Crippen molar-refractivity contribution in [1.29, 1.82) is 5.26 Å². The van der Waals surface area contributed by atoms with E-state index in [1.54, 1.807) is 24.5 Å². The van der Waals surface area contributed by atoms with Gasteiger partial charge in [-0.2, -0.15) is 5.26 Å². The van der Waals surface area contributed by atoms with E-state index in [0.29, 0.717) is 5.56 Å².